The molecule has 0 bridgehead atoms. The molecule has 0 unspecified atom stereocenters. The second-order valence-electron chi connectivity index (χ2n) is 7.77. The van der Waals surface area contributed by atoms with Gasteiger partial charge in [0.2, 0.25) is 15.7 Å². The van der Waals surface area contributed by atoms with Gasteiger partial charge in [0.1, 0.15) is 23.0 Å². The van der Waals surface area contributed by atoms with Crippen molar-refractivity contribution in [3.05, 3.63) is 53.5 Å². The number of aryl methyl sites for hydroxylation is 1. The van der Waals surface area contributed by atoms with Gasteiger partial charge in [-0.15, -0.1) is 0 Å². The number of nitrogens with zero attached hydrogens (tertiary/aromatic N) is 3. The molecule has 28 heavy (non-hydrogen) atoms. The Hall–Kier alpha value is -2.32. The summed E-state index contributed by atoms with van der Waals surface area (Å²) in [5, 5.41) is 6.98. The minimum atomic E-state index is -3.21. The summed E-state index contributed by atoms with van der Waals surface area (Å²) in [5.74, 6) is 2.51. The first-order valence-electron chi connectivity index (χ1n) is 9.52. The molecule has 1 saturated heterocycles. The quantitative estimate of drug-likeness (QED) is 0.774. The van der Waals surface area contributed by atoms with Crippen LogP contribution in [0.1, 0.15) is 42.4 Å². The van der Waals surface area contributed by atoms with Crippen LogP contribution >= 0.6 is 0 Å². The lowest BCUT2D eigenvalue weighted by molar-refractivity contribution is -0.143. The summed E-state index contributed by atoms with van der Waals surface area (Å²) in [5.41, 5.74) is 1.38. The number of piperidine rings is 1. The lowest BCUT2D eigenvalue weighted by Crippen LogP contribution is -2.59. The highest BCUT2D eigenvalue weighted by Crippen LogP contribution is 2.50. The highest BCUT2D eigenvalue weighted by atomic mass is 32.2. The van der Waals surface area contributed by atoms with Crippen LogP contribution in [0.25, 0.3) is 0 Å². The number of furan rings is 1. The Morgan fingerprint density at radius 1 is 1.14 bits per heavy atom. The molecule has 0 amide bonds. The molecule has 3 aliphatic heterocycles. The van der Waals surface area contributed by atoms with E-state index in [0.29, 0.717) is 25.9 Å². The highest BCUT2D eigenvalue weighted by Gasteiger charge is 2.52. The fourth-order valence-electron chi connectivity index (χ4n) is 4.47. The van der Waals surface area contributed by atoms with Gasteiger partial charge in [-0.1, -0.05) is 18.2 Å². The Balaban J connectivity index is 1.54. The van der Waals surface area contributed by atoms with E-state index in [9.17, 15) is 8.42 Å². The summed E-state index contributed by atoms with van der Waals surface area (Å²) in [6.45, 7) is 2.77. The Labute approximate surface area is 164 Å². The van der Waals surface area contributed by atoms with E-state index in [2.05, 4.69) is 11.1 Å². The van der Waals surface area contributed by atoms with Crippen molar-refractivity contribution in [3.63, 3.8) is 0 Å². The zero-order chi connectivity index (χ0) is 19.5. The lowest BCUT2D eigenvalue weighted by Gasteiger charge is -2.50. The van der Waals surface area contributed by atoms with Crippen molar-refractivity contribution in [2.75, 3.05) is 19.3 Å². The number of hydrogen-bond acceptors (Lipinski definition) is 6. The van der Waals surface area contributed by atoms with Crippen molar-refractivity contribution in [2.24, 2.45) is 5.10 Å². The second-order valence-corrected chi connectivity index (χ2v) is 9.75. The van der Waals surface area contributed by atoms with Gasteiger partial charge in [-0.25, -0.2) is 17.7 Å². The summed E-state index contributed by atoms with van der Waals surface area (Å²) < 4.78 is 37.7. The van der Waals surface area contributed by atoms with Crippen LogP contribution in [0.4, 0.5) is 0 Å². The van der Waals surface area contributed by atoms with Crippen LogP contribution in [0.3, 0.4) is 0 Å². The van der Waals surface area contributed by atoms with Gasteiger partial charge >= 0.3 is 0 Å². The van der Waals surface area contributed by atoms with E-state index in [1.54, 1.807) is 0 Å². The molecule has 1 spiro atoms. The maximum Gasteiger partial charge on any atom is 0.211 e. The van der Waals surface area contributed by atoms with E-state index in [1.807, 2.05) is 37.3 Å². The predicted octanol–water partition coefficient (Wildman–Crippen LogP) is 2.88. The average Bonchev–Trinajstić information content (AvgIpc) is 3.29. The first kappa shape index (κ1) is 17.8. The van der Waals surface area contributed by atoms with Gasteiger partial charge in [0.25, 0.3) is 0 Å². The predicted molar refractivity (Wildman–Crippen MR) is 105 cm³/mol. The molecule has 3 aliphatic rings. The lowest BCUT2D eigenvalue weighted by atomic mass is 9.92. The molecular weight excluding hydrogens is 378 g/mol. The summed E-state index contributed by atoms with van der Waals surface area (Å²) in [4.78, 5) is 0. The molecule has 5 rings (SSSR count). The monoisotopic (exact) mass is 401 g/mol. The number of para-hydroxylation sites is 1. The smallest absolute Gasteiger partial charge is 0.211 e. The van der Waals surface area contributed by atoms with E-state index >= 15 is 0 Å². The Bertz CT molecular complexity index is 1050. The number of fused-ring (bicyclic) bond motifs is 4. The molecule has 0 N–H and O–H groups in total. The zero-order valence-corrected chi connectivity index (χ0v) is 16.8. The van der Waals surface area contributed by atoms with Gasteiger partial charge in [0, 0.05) is 37.9 Å². The van der Waals surface area contributed by atoms with Gasteiger partial charge in [0.05, 0.1) is 12.3 Å². The van der Waals surface area contributed by atoms with Gasteiger partial charge in [-0.2, -0.15) is 5.10 Å². The first-order valence-corrected chi connectivity index (χ1v) is 11.4. The number of rotatable bonds is 2. The number of benzene rings is 1. The maximum atomic E-state index is 12.0. The molecule has 7 nitrogen and oxygen atoms in total. The first-order chi connectivity index (χ1) is 13.4. The normalized spacial score (nSPS) is 23.9. The molecule has 0 saturated carbocycles. The fraction of sp³-hybridized carbons (Fsp3) is 0.450. The number of hydrazone groups is 1. The molecule has 148 valence electrons. The minimum absolute atomic E-state index is 0.0649. The van der Waals surface area contributed by atoms with Crippen LogP contribution < -0.4 is 4.74 Å². The van der Waals surface area contributed by atoms with E-state index in [4.69, 9.17) is 14.3 Å². The Morgan fingerprint density at radius 3 is 2.57 bits per heavy atom. The van der Waals surface area contributed by atoms with Crippen molar-refractivity contribution in [1.29, 1.82) is 0 Å². The fourth-order valence-corrected chi connectivity index (χ4v) is 5.31. The Kier molecular flexibility index (Phi) is 3.86. The van der Waals surface area contributed by atoms with E-state index in [-0.39, 0.29) is 6.04 Å². The maximum absolute atomic E-state index is 12.0. The summed E-state index contributed by atoms with van der Waals surface area (Å²) in [6, 6.07) is 12.0. The largest absolute Gasteiger partial charge is 0.466 e. The van der Waals surface area contributed by atoms with Gasteiger partial charge in [0.15, 0.2) is 0 Å². The molecule has 0 radical (unpaired) electrons. The second kappa shape index (κ2) is 6.09. The molecule has 8 heteroatoms. The Morgan fingerprint density at radius 2 is 1.89 bits per heavy atom. The molecule has 1 aromatic heterocycles. The minimum Gasteiger partial charge on any atom is -0.466 e. The number of sulfonamides is 1. The van der Waals surface area contributed by atoms with Crippen molar-refractivity contribution in [3.8, 4) is 5.75 Å². The van der Waals surface area contributed by atoms with E-state index in [1.165, 1.54) is 10.6 Å². The molecule has 1 fully saturated rings. The topological polar surface area (TPSA) is 75.3 Å². The third-order valence-corrected chi connectivity index (χ3v) is 7.21. The molecule has 1 atom stereocenters. The summed E-state index contributed by atoms with van der Waals surface area (Å²) in [7, 11) is -3.21. The standard InChI is InChI=1S/C20H23N3O4S/c1-14-7-8-19(26-14)16-13-17-15-5-3-4-6-18(15)27-20(23(17)21-16)9-11-22(12-10-20)28(2,24)25/h3-8,17H,9-13H2,1-2H3/t17-/m1/s1. The van der Waals surface area contributed by atoms with E-state index < -0.39 is 15.7 Å². The van der Waals surface area contributed by atoms with Gasteiger partial charge in [-0.05, 0) is 25.1 Å². The molecule has 4 heterocycles. The SMILES string of the molecule is Cc1ccc(C2=NN3[C@H](C2)c2ccccc2OC32CCN(S(C)(=O)=O)CC2)o1. The molecule has 0 aliphatic carbocycles. The number of ether oxygens (including phenoxy) is 1. The van der Waals surface area contributed by atoms with Crippen LogP contribution in [0.2, 0.25) is 0 Å². The van der Waals surface area contributed by atoms with E-state index in [0.717, 1.165) is 35.0 Å². The van der Waals surface area contributed by atoms with Crippen molar-refractivity contribution >= 4 is 15.7 Å². The van der Waals surface area contributed by atoms with Crippen LogP contribution in [-0.2, 0) is 10.0 Å². The highest BCUT2D eigenvalue weighted by molar-refractivity contribution is 7.88. The third kappa shape index (κ3) is 2.74. The van der Waals surface area contributed by atoms with Crippen molar-refractivity contribution in [1.82, 2.24) is 9.31 Å². The average molecular weight is 401 g/mol. The molecule has 1 aromatic carbocycles. The molecular formula is C20H23N3O4S. The van der Waals surface area contributed by atoms with Crippen molar-refractivity contribution in [2.45, 2.75) is 38.0 Å². The molecule has 2 aromatic rings. The van der Waals surface area contributed by atoms with Crippen LogP contribution in [-0.4, -0.2) is 48.5 Å². The van der Waals surface area contributed by atoms with Crippen LogP contribution in [0.5, 0.6) is 5.75 Å². The van der Waals surface area contributed by atoms with Gasteiger partial charge < -0.3 is 9.15 Å². The summed E-state index contributed by atoms with van der Waals surface area (Å²) >= 11 is 0. The number of hydrogen-bond donors (Lipinski definition) is 0. The summed E-state index contributed by atoms with van der Waals surface area (Å²) in [6.07, 6.45) is 3.14. The van der Waals surface area contributed by atoms with Crippen LogP contribution in [0, 0.1) is 6.92 Å². The van der Waals surface area contributed by atoms with Crippen LogP contribution in [0.15, 0.2) is 45.9 Å². The van der Waals surface area contributed by atoms with Crippen molar-refractivity contribution < 1.29 is 17.6 Å². The van der Waals surface area contributed by atoms with Gasteiger partial charge in [-0.3, -0.25) is 0 Å². The zero-order valence-electron chi connectivity index (χ0n) is 16.0. The third-order valence-electron chi connectivity index (χ3n) is 5.90.